The Morgan fingerprint density at radius 2 is 1.51 bits per heavy atom. The Hall–Kier alpha value is -3.23. The van der Waals surface area contributed by atoms with Crippen molar-refractivity contribution in [3.63, 3.8) is 0 Å². The molecule has 2 aromatic rings. The maximum absolute atomic E-state index is 13.8. The monoisotopic (exact) mass is 536 g/mol. The van der Waals surface area contributed by atoms with Crippen molar-refractivity contribution in [1.29, 1.82) is 0 Å². The van der Waals surface area contributed by atoms with Crippen LogP contribution < -0.4 is 5.32 Å². The van der Waals surface area contributed by atoms with Crippen molar-refractivity contribution >= 4 is 18.2 Å². The number of nitrogens with zero attached hydrogens (tertiary/aromatic N) is 3. The first-order chi connectivity index (χ1) is 18.7. The molecule has 3 amide bonds. The first-order valence-corrected chi connectivity index (χ1v) is 14.0. The summed E-state index contributed by atoms with van der Waals surface area (Å²) in [6.07, 6.45) is 2.49. The van der Waals surface area contributed by atoms with Gasteiger partial charge in [-0.25, -0.2) is 5.06 Å². The van der Waals surface area contributed by atoms with Crippen molar-refractivity contribution in [2.45, 2.75) is 59.0 Å². The highest BCUT2D eigenvalue weighted by atomic mass is 16.5. The van der Waals surface area contributed by atoms with Crippen LogP contribution in [0.15, 0.2) is 60.7 Å². The van der Waals surface area contributed by atoms with Gasteiger partial charge in [0.1, 0.15) is 6.04 Å². The third-order valence-corrected chi connectivity index (χ3v) is 7.43. The molecule has 1 saturated heterocycles. The summed E-state index contributed by atoms with van der Waals surface area (Å²) in [6, 6.07) is 20.2. The van der Waals surface area contributed by atoms with Crippen LogP contribution in [0.5, 0.6) is 0 Å². The number of amides is 3. The van der Waals surface area contributed by atoms with E-state index in [1.807, 2.05) is 44.7 Å². The summed E-state index contributed by atoms with van der Waals surface area (Å²) >= 11 is 0. The number of carbonyl (C=O) groups excluding carboxylic acids is 3. The molecule has 1 aliphatic rings. The average Bonchev–Trinajstić information content (AvgIpc) is 2.94. The minimum absolute atomic E-state index is 0.0978. The topological polar surface area (TPSA) is 93.2 Å². The van der Waals surface area contributed by atoms with Gasteiger partial charge in [-0.1, -0.05) is 101 Å². The van der Waals surface area contributed by atoms with Gasteiger partial charge in [0, 0.05) is 26.2 Å². The molecule has 39 heavy (non-hydrogen) atoms. The maximum atomic E-state index is 13.8. The van der Waals surface area contributed by atoms with Crippen LogP contribution in [-0.4, -0.2) is 77.1 Å². The number of nitrogens with one attached hydrogen (secondary N) is 1. The van der Waals surface area contributed by atoms with Crippen molar-refractivity contribution in [3.05, 3.63) is 71.8 Å². The minimum Gasteiger partial charge on any atom is -0.344 e. The number of unbranched alkanes of at least 4 members (excludes halogenated alkanes) is 1. The third-order valence-electron chi connectivity index (χ3n) is 7.43. The highest BCUT2D eigenvalue weighted by Gasteiger charge is 2.38. The second-order valence-corrected chi connectivity index (χ2v) is 11.5. The van der Waals surface area contributed by atoms with Gasteiger partial charge in [-0.05, 0) is 23.0 Å². The van der Waals surface area contributed by atoms with E-state index in [1.54, 1.807) is 0 Å². The van der Waals surface area contributed by atoms with E-state index in [1.165, 1.54) is 11.1 Å². The van der Waals surface area contributed by atoms with Gasteiger partial charge in [0.05, 0.1) is 18.5 Å². The normalized spacial score (nSPS) is 16.0. The molecule has 8 nitrogen and oxygen atoms in total. The lowest BCUT2D eigenvalue weighted by Crippen LogP contribution is -2.59. The quantitative estimate of drug-likeness (QED) is 0.242. The fraction of sp³-hybridized carbons (Fsp3) is 0.516. The molecule has 0 unspecified atom stereocenters. The molecular weight excluding hydrogens is 492 g/mol. The molecule has 0 saturated carbocycles. The van der Waals surface area contributed by atoms with Crippen molar-refractivity contribution in [2.75, 3.05) is 32.7 Å². The molecule has 8 heteroatoms. The van der Waals surface area contributed by atoms with Crippen LogP contribution in [0.2, 0.25) is 0 Å². The van der Waals surface area contributed by atoms with Gasteiger partial charge in [0.2, 0.25) is 18.2 Å². The van der Waals surface area contributed by atoms with Crippen molar-refractivity contribution < 1.29 is 19.6 Å². The summed E-state index contributed by atoms with van der Waals surface area (Å²) in [5.74, 6) is -1.01. The van der Waals surface area contributed by atoms with E-state index < -0.39 is 17.4 Å². The van der Waals surface area contributed by atoms with Crippen LogP contribution in [0.3, 0.4) is 0 Å². The molecule has 0 aromatic heterocycles. The second-order valence-electron chi connectivity index (χ2n) is 11.5. The Balaban J connectivity index is 1.72. The molecule has 2 atom stereocenters. The highest BCUT2D eigenvalue weighted by molar-refractivity contribution is 5.89. The number of hydroxylamine groups is 2. The largest absolute Gasteiger partial charge is 0.344 e. The zero-order chi connectivity index (χ0) is 28.4. The summed E-state index contributed by atoms with van der Waals surface area (Å²) in [6.45, 7) is 10.3. The number of rotatable bonds is 12. The summed E-state index contributed by atoms with van der Waals surface area (Å²) in [4.78, 5) is 42.3. The lowest BCUT2D eigenvalue weighted by atomic mass is 9.85. The Bertz CT molecular complexity index is 1010. The molecule has 0 radical (unpaired) electrons. The number of hydrogen-bond acceptors (Lipinski definition) is 5. The van der Waals surface area contributed by atoms with Crippen molar-refractivity contribution in [1.82, 2.24) is 20.2 Å². The smallest absolute Gasteiger partial charge is 0.245 e. The number of benzene rings is 2. The van der Waals surface area contributed by atoms with E-state index >= 15 is 0 Å². The van der Waals surface area contributed by atoms with Crippen LogP contribution in [-0.2, 0) is 14.4 Å². The predicted molar refractivity (Wildman–Crippen MR) is 152 cm³/mol. The third kappa shape index (κ3) is 8.38. The van der Waals surface area contributed by atoms with Crippen molar-refractivity contribution in [3.8, 4) is 0 Å². The van der Waals surface area contributed by atoms with Crippen LogP contribution in [0.4, 0.5) is 0 Å². The first-order valence-electron chi connectivity index (χ1n) is 14.0. The van der Waals surface area contributed by atoms with E-state index in [0.717, 1.165) is 12.8 Å². The molecule has 1 heterocycles. The lowest BCUT2D eigenvalue weighted by Gasteiger charge is -2.42. The number of hydrogen-bond donors (Lipinski definition) is 2. The Labute approximate surface area is 232 Å². The van der Waals surface area contributed by atoms with Gasteiger partial charge in [0.15, 0.2) is 0 Å². The molecule has 1 aliphatic heterocycles. The highest BCUT2D eigenvalue weighted by Crippen LogP contribution is 2.30. The minimum atomic E-state index is -0.719. The lowest BCUT2D eigenvalue weighted by molar-refractivity contribution is -0.155. The SMILES string of the molecule is CCCC[C@H](CN(O)C=O)C(=O)N[C@H](C(=O)N1CCN(C(c2ccccc2)c2ccccc2)CC1)C(C)(C)C. The number of piperazine rings is 1. The fourth-order valence-electron chi connectivity index (χ4n) is 5.20. The predicted octanol–water partition coefficient (Wildman–Crippen LogP) is 4.11. The molecule has 212 valence electrons. The summed E-state index contributed by atoms with van der Waals surface area (Å²) in [7, 11) is 0. The van der Waals surface area contributed by atoms with E-state index in [9.17, 15) is 19.6 Å². The van der Waals surface area contributed by atoms with Crippen LogP contribution >= 0.6 is 0 Å². The standard InChI is InChI=1S/C31H44N4O4/c1-5-6-13-26(22-35(39)23-36)29(37)32-28(31(2,3)4)30(38)34-20-18-33(19-21-34)27(24-14-9-7-10-15-24)25-16-11-8-12-17-25/h7-12,14-17,23,26-28,39H,5-6,13,18-22H2,1-4H3,(H,32,37)/t26-,28-/m1/s1. The van der Waals surface area contributed by atoms with Gasteiger partial charge in [-0.2, -0.15) is 0 Å². The summed E-state index contributed by atoms with van der Waals surface area (Å²) < 4.78 is 0. The van der Waals surface area contributed by atoms with Crippen LogP contribution in [0.1, 0.15) is 64.1 Å². The van der Waals surface area contributed by atoms with E-state index in [2.05, 4.69) is 58.7 Å². The maximum Gasteiger partial charge on any atom is 0.245 e. The fourth-order valence-corrected chi connectivity index (χ4v) is 5.20. The molecule has 0 spiro atoms. The van der Waals surface area contributed by atoms with Gasteiger partial charge >= 0.3 is 0 Å². The molecule has 3 rings (SSSR count). The Morgan fingerprint density at radius 3 is 1.97 bits per heavy atom. The average molecular weight is 537 g/mol. The van der Waals surface area contributed by atoms with Crippen LogP contribution in [0, 0.1) is 11.3 Å². The van der Waals surface area contributed by atoms with E-state index in [-0.39, 0.29) is 24.4 Å². The van der Waals surface area contributed by atoms with Gasteiger partial charge < -0.3 is 10.2 Å². The van der Waals surface area contributed by atoms with E-state index in [0.29, 0.717) is 44.1 Å². The molecule has 2 N–H and O–H groups in total. The van der Waals surface area contributed by atoms with E-state index in [4.69, 9.17) is 0 Å². The summed E-state index contributed by atoms with van der Waals surface area (Å²) in [5, 5.41) is 13.2. The zero-order valence-corrected chi connectivity index (χ0v) is 23.8. The number of carbonyl (C=O) groups is 3. The van der Waals surface area contributed by atoms with Crippen molar-refractivity contribution in [2.24, 2.45) is 11.3 Å². The van der Waals surface area contributed by atoms with Gasteiger partial charge in [-0.3, -0.25) is 24.5 Å². The molecular formula is C31H44N4O4. The first kappa shape index (κ1) is 30.3. The van der Waals surface area contributed by atoms with Crippen LogP contribution in [0.25, 0.3) is 0 Å². The second kappa shape index (κ2) is 14.2. The zero-order valence-electron chi connectivity index (χ0n) is 23.8. The molecule has 0 aliphatic carbocycles. The summed E-state index contributed by atoms with van der Waals surface area (Å²) in [5.41, 5.74) is 1.92. The Morgan fingerprint density at radius 1 is 0.974 bits per heavy atom. The Kier molecular flexibility index (Phi) is 11.1. The molecule has 2 aromatic carbocycles. The van der Waals surface area contributed by atoms with Gasteiger partial charge in [0.25, 0.3) is 0 Å². The molecule has 1 fully saturated rings. The molecule has 0 bridgehead atoms. The van der Waals surface area contributed by atoms with Gasteiger partial charge in [-0.15, -0.1) is 0 Å².